The number of nitrogens with two attached hydrogens (primary N) is 1. The Morgan fingerprint density at radius 3 is 2.76 bits per heavy atom. The Hall–Kier alpha value is -1.39. The number of carbonyl (C=O) groups excluding carboxylic acids is 1. The van der Waals surface area contributed by atoms with Crippen LogP contribution in [-0.4, -0.2) is 41.7 Å². The number of piperidine rings is 1. The first-order chi connectivity index (χ1) is 10.1. The molecule has 0 aliphatic carbocycles. The second-order valence-corrected chi connectivity index (χ2v) is 6.12. The van der Waals surface area contributed by atoms with Gasteiger partial charge < -0.3 is 15.7 Å². The standard InChI is InChI=1S/C17H26N2O2/c1-13-4-2-5-14(12-13)6-3-9-19-10-7-15(8-11-19)16(20)17(18)21/h2,4-5,12,15-16,20H,3,6-11H2,1H3,(H2,18,21)/t16-/m1/s1. The van der Waals surface area contributed by atoms with Gasteiger partial charge in [-0.15, -0.1) is 0 Å². The molecule has 0 unspecified atom stereocenters. The zero-order valence-corrected chi connectivity index (χ0v) is 12.8. The van der Waals surface area contributed by atoms with Crippen molar-refractivity contribution in [1.29, 1.82) is 0 Å². The molecule has 1 fully saturated rings. The minimum atomic E-state index is -0.973. The molecule has 1 atom stereocenters. The van der Waals surface area contributed by atoms with Crippen molar-refractivity contribution in [3.05, 3.63) is 35.4 Å². The molecule has 4 heteroatoms. The van der Waals surface area contributed by atoms with Crippen LogP contribution in [0.5, 0.6) is 0 Å². The zero-order chi connectivity index (χ0) is 15.2. The number of hydrogen-bond acceptors (Lipinski definition) is 3. The maximum absolute atomic E-state index is 11.0. The van der Waals surface area contributed by atoms with Crippen LogP contribution in [-0.2, 0) is 11.2 Å². The monoisotopic (exact) mass is 290 g/mol. The van der Waals surface area contributed by atoms with E-state index in [0.717, 1.165) is 45.3 Å². The van der Waals surface area contributed by atoms with Gasteiger partial charge >= 0.3 is 0 Å². The van der Waals surface area contributed by atoms with Crippen molar-refractivity contribution in [3.63, 3.8) is 0 Å². The molecule has 0 bridgehead atoms. The molecule has 1 aliphatic rings. The Labute approximate surface area is 126 Å². The SMILES string of the molecule is Cc1cccc(CCCN2CCC([C@@H](O)C(N)=O)CC2)c1. The number of aliphatic hydroxyl groups excluding tert-OH is 1. The maximum Gasteiger partial charge on any atom is 0.246 e. The number of rotatable bonds is 6. The molecule has 1 aromatic carbocycles. The van der Waals surface area contributed by atoms with E-state index in [2.05, 4.69) is 36.1 Å². The number of aryl methyl sites for hydroxylation is 2. The van der Waals surface area contributed by atoms with Gasteiger partial charge in [0.25, 0.3) is 0 Å². The smallest absolute Gasteiger partial charge is 0.246 e. The predicted molar refractivity (Wildman–Crippen MR) is 83.9 cm³/mol. The fourth-order valence-electron chi connectivity index (χ4n) is 3.10. The van der Waals surface area contributed by atoms with Crippen LogP contribution in [0.25, 0.3) is 0 Å². The van der Waals surface area contributed by atoms with E-state index in [1.165, 1.54) is 11.1 Å². The number of carbonyl (C=O) groups is 1. The Bertz CT molecular complexity index is 468. The summed E-state index contributed by atoms with van der Waals surface area (Å²) in [6, 6.07) is 8.66. The summed E-state index contributed by atoms with van der Waals surface area (Å²) in [4.78, 5) is 13.4. The average Bonchev–Trinajstić information content (AvgIpc) is 2.47. The third-order valence-electron chi connectivity index (χ3n) is 4.39. The lowest BCUT2D eigenvalue weighted by Crippen LogP contribution is -2.43. The molecular formula is C17H26N2O2. The van der Waals surface area contributed by atoms with E-state index in [1.807, 2.05) is 0 Å². The number of hydrogen-bond donors (Lipinski definition) is 2. The van der Waals surface area contributed by atoms with Crippen LogP contribution in [0.4, 0.5) is 0 Å². The molecule has 0 radical (unpaired) electrons. The second kappa shape index (κ2) is 7.57. The molecule has 1 saturated heterocycles. The van der Waals surface area contributed by atoms with Crippen LogP contribution < -0.4 is 5.73 Å². The van der Waals surface area contributed by atoms with Gasteiger partial charge in [0.15, 0.2) is 0 Å². The zero-order valence-electron chi connectivity index (χ0n) is 12.8. The third-order valence-corrected chi connectivity index (χ3v) is 4.39. The first kappa shape index (κ1) is 16.0. The number of primary amides is 1. The minimum absolute atomic E-state index is 0.0375. The summed E-state index contributed by atoms with van der Waals surface area (Å²) in [5.41, 5.74) is 7.87. The molecule has 4 nitrogen and oxygen atoms in total. The van der Waals surface area contributed by atoms with Gasteiger partial charge in [-0.3, -0.25) is 4.79 Å². The molecule has 2 rings (SSSR count). The van der Waals surface area contributed by atoms with Crippen molar-refractivity contribution >= 4 is 5.91 Å². The summed E-state index contributed by atoms with van der Waals surface area (Å²) < 4.78 is 0. The van der Waals surface area contributed by atoms with E-state index >= 15 is 0 Å². The normalized spacial score (nSPS) is 18.6. The lowest BCUT2D eigenvalue weighted by Gasteiger charge is -2.33. The molecule has 0 aromatic heterocycles. The Morgan fingerprint density at radius 1 is 1.43 bits per heavy atom. The minimum Gasteiger partial charge on any atom is -0.383 e. The topological polar surface area (TPSA) is 66.6 Å². The molecule has 1 heterocycles. The van der Waals surface area contributed by atoms with Crippen LogP contribution >= 0.6 is 0 Å². The molecule has 3 N–H and O–H groups in total. The Balaban J connectivity index is 1.68. The van der Waals surface area contributed by atoms with Crippen LogP contribution in [0, 0.1) is 12.8 Å². The van der Waals surface area contributed by atoms with E-state index in [9.17, 15) is 9.90 Å². The van der Waals surface area contributed by atoms with Gasteiger partial charge in [-0.1, -0.05) is 29.8 Å². The van der Waals surface area contributed by atoms with Gasteiger partial charge in [0.1, 0.15) is 6.10 Å². The van der Waals surface area contributed by atoms with Crippen molar-refractivity contribution in [2.75, 3.05) is 19.6 Å². The average molecular weight is 290 g/mol. The van der Waals surface area contributed by atoms with E-state index < -0.39 is 12.0 Å². The van der Waals surface area contributed by atoms with Crippen molar-refractivity contribution < 1.29 is 9.90 Å². The van der Waals surface area contributed by atoms with Gasteiger partial charge in [0.2, 0.25) is 5.91 Å². The molecule has 21 heavy (non-hydrogen) atoms. The summed E-state index contributed by atoms with van der Waals surface area (Å²) in [6.45, 7) is 5.09. The molecule has 1 aliphatic heterocycles. The van der Waals surface area contributed by atoms with E-state index in [1.54, 1.807) is 0 Å². The lowest BCUT2D eigenvalue weighted by atomic mass is 9.91. The highest BCUT2D eigenvalue weighted by molar-refractivity contribution is 5.78. The van der Waals surface area contributed by atoms with Crippen molar-refractivity contribution in [3.8, 4) is 0 Å². The third kappa shape index (κ3) is 4.83. The molecular weight excluding hydrogens is 264 g/mol. The lowest BCUT2D eigenvalue weighted by molar-refractivity contribution is -0.129. The highest BCUT2D eigenvalue weighted by Crippen LogP contribution is 2.21. The Morgan fingerprint density at radius 2 is 2.14 bits per heavy atom. The number of benzene rings is 1. The predicted octanol–water partition coefficient (Wildman–Crippen LogP) is 1.49. The van der Waals surface area contributed by atoms with Crippen LogP contribution in [0.15, 0.2) is 24.3 Å². The molecule has 1 aromatic rings. The van der Waals surface area contributed by atoms with Gasteiger partial charge in [-0.05, 0) is 63.7 Å². The summed E-state index contributed by atoms with van der Waals surface area (Å²) in [6.07, 6.45) is 2.99. The summed E-state index contributed by atoms with van der Waals surface area (Å²) in [5, 5.41) is 9.70. The van der Waals surface area contributed by atoms with E-state index in [4.69, 9.17) is 5.73 Å². The number of likely N-dealkylation sites (tertiary alicyclic amines) is 1. The fraction of sp³-hybridized carbons (Fsp3) is 0.588. The number of amides is 1. The molecule has 1 amide bonds. The van der Waals surface area contributed by atoms with Gasteiger partial charge in [0.05, 0.1) is 0 Å². The van der Waals surface area contributed by atoms with Crippen molar-refractivity contribution in [2.45, 2.75) is 38.7 Å². The van der Waals surface area contributed by atoms with Crippen LogP contribution in [0.1, 0.15) is 30.4 Å². The van der Waals surface area contributed by atoms with Crippen LogP contribution in [0.3, 0.4) is 0 Å². The van der Waals surface area contributed by atoms with Gasteiger partial charge in [0, 0.05) is 0 Å². The van der Waals surface area contributed by atoms with Gasteiger partial charge in [-0.25, -0.2) is 0 Å². The molecule has 0 spiro atoms. The quantitative estimate of drug-likeness (QED) is 0.834. The van der Waals surface area contributed by atoms with Gasteiger partial charge in [-0.2, -0.15) is 0 Å². The largest absolute Gasteiger partial charge is 0.383 e. The number of aliphatic hydroxyl groups is 1. The first-order valence-corrected chi connectivity index (χ1v) is 7.81. The van der Waals surface area contributed by atoms with Crippen molar-refractivity contribution in [2.24, 2.45) is 11.7 Å². The highest BCUT2D eigenvalue weighted by Gasteiger charge is 2.28. The number of nitrogens with zero attached hydrogens (tertiary/aromatic N) is 1. The van der Waals surface area contributed by atoms with E-state index in [-0.39, 0.29) is 5.92 Å². The highest BCUT2D eigenvalue weighted by atomic mass is 16.3. The van der Waals surface area contributed by atoms with Crippen molar-refractivity contribution in [1.82, 2.24) is 4.90 Å². The molecule has 116 valence electrons. The van der Waals surface area contributed by atoms with Crippen LogP contribution in [0.2, 0.25) is 0 Å². The summed E-state index contributed by atoms with van der Waals surface area (Å²) in [5.74, 6) is -0.552. The van der Waals surface area contributed by atoms with E-state index in [0.29, 0.717) is 0 Å². The molecule has 0 saturated carbocycles. The maximum atomic E-state index is 11.0. The summed E-state index contributed by atoms with van der Waals surface area (Å²) in [7, 11) is 0. The second-order valence-electron chi connectivity index (χ2n) is 6.12. The fourth-order valence-corrected chi connectivity index (χ4v) is 3.10. The Kier molecular flexibility index (Phi) is 5.76. The summed E-state index contributed by atoms with van der Waals surface area (Å²) >= 11 is 0. The first-order valence-electron chi connectivity index (χ1n) is 7.81.